The molecule has 0 spiro atoms. The molecule has 2 rings (SSSR count). The van der Waals surface area contributed by atoms with E-state index in [1.54, 1.807) is 11.3 Å². The molecule has 0 saturated heterocycles. The molecule has 0 saturated carbocycles. The van der Waals surface area contributed by atoms with Crippen LogP contribution < -0.4 is 5.32 Å². The molecule has 0 bridgehead atoms. The second kappa shape index (κ2) is 6.50. The van der Waals surface area contributed by atoms with Gasteiger partial charge in [-0.25, -0.2) is 0 Å². The van der Waals surface area contributed by atoms with Gasteiger partial charge in [0.2, 0.25) is 0 Å². The van der Waals surface area contributed by atoms with Crippen LogP contribution in [0, 0.1) is 6.92 Å². The summed E-state index contributed by atoms with van der Waals surface area (Å²) in [6.07, 6.45) is 1.15. The average molecular weight is 324 g/mol. The van der Waals surface area contributed by atoms with Crippen LogP contribution in [0.2, 0.25) is 0 Å². The van der Waals surface area contributed by atoms with Crippen molar-refractivity contribution in [2.75, 3.05) is 6.54 Å². The largest absolute Gasteiger partial charge is 0.306 e. The van der Waals surface area contributed by atoms with E-state index in [4.69, 9.17) is 0 Å². The Morgan fingerprint density at radius 3 is 2.72 bits per heavy atom. The SMILES string of the molecule is CCCNC(c1csc(Br)c1)c1ccccc1C. The minimum Gasteiger partial charge on any atom is -0.306 e. The third kappa shape index (κ3) is 3.22. The lowest BCUT2D eigenvalue weighted by Gasteiger charge is -2.20. The molecule has 0 fully saturated rings. The van der Waals surface area contributed by atoms with Gasteiger partial charge in [0.15, 0.2) is 0 Å². The van der Waals surface area contributed by atoms with Gasteiger partial charge < -0.3 is 5.32 Å². The molecule has 1 aromatic carbocycles. The van der Waals surface area contributed by atoms with Crippen molar-refractivity contribution in [3.63, 3.8) is 0 Å². The fraction of sp³-hybridized carbons (Fsp3) is 0.333. The number of aryl methyl sites for hydroxylation is 1. The van der Waals surface area contributed by atoms with Gasteiger partial charge in [0.05, 0.1) is 9.83 Å². The second-order valence-electron chi connectivity index (χ2n) is 4.43. The van der Waals surface area contributed by atoms with E-state index in [0.29, 0.717) is 6.04 Å². The quantitative estimate of drug-likeness (QED) is 0.824. The van der Waals surface area contributed by atoms with Crippen molar-refractivity contribution >= 4 is 27.3 Å². The Hall–Kier alpha value is -0.640. The van der Waals surface area contributed by atoms with Crippen LogP contribution in [0.1, 0.15) is 36.1 Å². The summed E-state index contributed by atoms with van der Waals surface area (Å²) in [6, 6.07) is 11.1. The van der Waals surface area contributed by atoms with Crippen molar-refractivity contribution in [2.24, 2.45) is 0 Å². The van der Waals surface area contributed by atoms with Crippen molar-refractivity contribution in [3.8, 4) is 0 Å². The molecule has 1 unspecified atom stereocenters. The molecule has 2 aromatic rings. The summed E-state index contributed by atoms with van der Waals surface area (Å²) < 4.78 is 1.19. The first kappa shape index (κ1) is 13.8. The minimum atomic E-state index is 0.300. The highest BCUT2D eigenvalue weighted by atomic mass is 79.9. The molecular weight excluding hydrogens is 306 g/mol. The summed E-state index contributed by atoms with van der Waals surface area (Å²) in [5.41, 5.74) is 4.05. The molecule has 1 atom stereocenters. The number of thiophene rings is 1. The molecule has 3 heteroatoms. The first-order valence-electron chi connectivity index (χ1n) is 6.25. The summed E-state index contributed by atoms with van der Waals surface area (Å²) in [5.74, 6) is 0. The van der Waals surface area contributed by atoms with Crippen molar-refractivity contribution in [3.05, 3.63) is 56.2 Å². The van der Waals surface area contributed by atoms with Gasteiger partial charge in [0, 0.05) is 0 Å². The standard InChI is InChI=1S/C15H18BrNS/c1-3-8-17-15(12-9-14(16)18-10-12)13-7-5-4-6-11(13)2/h4-7,9-10,15,17H,3,8H2,1-2H3. The molecule has 0 radical (unpaired) electrons. The Kier molecular flexibility index (Phi) is 4.98. The molecule has 0 aliphatic rings. The topological polar surface area (TPSA) is 12.0 Å². The van der Waals surface area contributed by atoms with Gasteiger partial charge in [-0.15, -0.1) is 11.3 Å². The molecule has 1 N–H and O–H groups in total. The maximum Gasteiger partial charge on any atom is 0.0701 e. The first-order valence-corrected chi connectivity index (χ1v) is 7.92. The van der Waals surface area contributed by atoms with Crippen LogP contribution in [0.3, 0.4) is 0 Å². The Morgan fingerprint density at radius 2 is 2.11 bits per heavy atom. The lowest BCUT2D eigenvalue weighted by molar-refractivity contribution is 0.597. The fourth-order valence-electron chi connectivity index (χ4n) is 2.08. The molecular formula is C15H18BrNS. The fourth-order valence-corrected chi connectivity index (χ4v) is 3.28. The predicted octanol–water partition coefficient (Wildman–Crippen LogP) is 4.91. The zero-order valence-corrected chi connectivity index (χ0v) is 13.1. The van der Waals surface area contributed by atoms with Crippen molar-refractivity contribution in [1.82, 2.24) is 5.32 Å². The molecule has 1 aromatic heterocycles. The second-order valence-corrected chi connectivity index (χ2v) is 6.72. The third-order valence-electron chi connectivity index (χ3n) is 3.02. The van der Waals surface area contributed by atoms with Gasteiger partial charge in [-0.05, 0) is 64.0 Å². The van der Waals surface area contributed by atoms with Gasteiger partial charge in [0.1, 0.15) is 0 Å². The zero-order chi connectivity index (χ0) is 13.0. The molecule has 0 amide bonds. The van der Waals surface area contributed by atoms with Gasteiger partial charge in [-0.3, -0.25) is 0 Å². The highest BCUT2D eigenvalue weighted by Gasteiger charge is 2.16. The Bertz CT molecular complexity index is 507. The van der Waals surface area contributed by atoms with E-state index < -0.39 is 0 Å². The Morgan fingerprint density at radius 1 is 1.33 bits per heavy atom. The van der Waals surface area contributed by atoms with E-state index in [1.807, 2.05) is 0 Å². The summed E-state index contributed by atoms with van der Waals surface area (Å²) in [4.78, 5) is 0. The summed E-state index contributed by atoms with van der Waals surface area (Å²) in [5, 5.41) is 5.87. The summed E-state index contributed by atoms with van der Waals surface area (Å²) in [6.45, 7) is 5.41. The summed E-state index contributed by atoms with van der Waals surface area (Å²) >= 11 is 5.29. The first-order chi connectivity index (χ1) is 8.72. The van der Waals surface area contributed by atoms with Crippen molar-refractivity contribution in [1.29, 1.82) is 0 Å². The van der Waals surface area contributed by atoms with Gasteiger partial charge in [-0.2, -0.15) is 0 Å². The molecule has 96 valence electrons. The average Bonchev–Trinajstić information content (AvgIpc) is 2.78. The van der Waals surface area contributed by atoms with Crippen molar-refractivity contribution < 1.29 is 0 Å². The molecule has 1 heterocycles. The van der Waals surface area contributed by atoms with E-state index in [-0.39, 0.29) is 0 Å². The van der Waals surface area contributed by atoms with Gasteiger partial charge >= 0.3 is 0 Å². The maximum atomic E-state index is 3.64. The van der Waals surface area contributed by atoms with Crippen LogP contribution in [0.4, 0.5) is 0 Å². The van der Waals surface area contributed by atoms with Gasteiger partial charge in [0.25, 0.3) is 0 Å². The Balaban J connectivity index is 2.33. The summed E-state index contributed by atoms with van der Waals surface area (Å²) in [7, 11) is 0. The highest BCUT2D eigenvalue weighted by molar-refractivity contribution is 9.11. The smallest absolute Gasteiger partial charge is 0.0701 e. The van der Waals surface area contributed by atoms with Crippen molar-refractivity contribution in [2.45, 2.75) is 26.3 Å². The van der Waals surface area contributed by atoms with E-state index in [1.165, 1.54) is 20.5 Å². The molecule has 0 aliphatic carbocycles. The van der Waals surface area contributed by atoms with Gasteiger partial charge in [-0.1, -0.05) is 31.2 Å². The normalized spacial score (nSPS) is 12.6. The van der Waals surface area contributed by atoms with Crippen LogP contribution in [-0.2, 0) is 0 Å². The van der Waals surface area contributed by atoms with E-state index in [2.05, 4.69) is 70.8 Å². The number of rotatable bonds is 5. The molecule has 18 heavy (non-hydrogen) atoms. The zero-order valence-electron chi connectivity index (χ0n) is 10.7. The lowest BCUT2D eigenvalue weighted by atomic mass is 9.97. The predicted molar refractivity (Wildman–Crippen MR) is 83.3 cm³/mol. The van der Waals surface area contributed by atoms with E-state index in [9.17, 15) is 0 Å². The number of nitrogens with one attached hydrogen (secondary N) is 1. The van der Waals surface area contributed by atoms with Crippen LogP contribution in [0.25, 0.3) is 0 Å². The number of halogens is 1. The van der Waals surface area contributed by atoms with E-state index >= 15 is 0 Å². The monoisotopic (exact) mass is 323 g/mol. The third-order valence-corrected chi connectivity index (χ3v) is 4.54. The number of hydrogen-bond donors (Lipinski definition) is 1. The molecule has 1 nitrogen and oxygen atoms in total. The Labute approximate surface area is 121 Å². The number of hydrogen-bond acceptors (Lipinski definition) is 2. The van der Waals surface area contributed by atoms with Crippen LogP contribution in [0.5, 0.6) is 0 Å². The molecule has 0 aliphatic heterocycles. The lowest BCUT2D eigenvalue weighted by Crippen LogP contribution is -2.23. The minimum absolute atomic E-state index is 0.300. The van der Waals surface area contributed by atoms with Crippen LogP contribution >= 0.6 is 27.3 Å². The van der Waals surface area contributed by atoms with Crippen LogP contribution in [0.15, 0.2) is 39.5 Å². The van der Waals surface area contributed by atoms with E-state index in [0.717, 1.165) is 13.0 Å². The number of benzene rings is 1. The highest BCUT2D eigenvalue weighted by Crippen LogP contribution is 2.30. The maximum absolute atomic E-state index is 3.64. The van der Waals surface area contributed by atoms with Crippen LogP contribution in [-0.4, -0.2) is 6.54 Å².